The van der Waals surface area contributed by atoms with Gasteiger partial charge in [0, 0.05) is 25.2 Å². The number of hydrogen-bond donors (Lipinski definition) is 1. The zero-order chi connectivity index (χ0) is 26.9. The lowest BCUT2D eigenvalue weighted by Gasteiger charge is -2.32. The summed E-state index contributed by atoms with van der Waals surface area (Å²) in [5, 5.41) is 14.1. The van der Waals surface area contributed by atoms with E-state index in [4.69, 9.17) is 0 Å². The third-order valence-corrected chi connectivity index (χ3v) is 6.84. The number of rotatable bonds is 13. The molecule has 0 heterocycles. The zero-order valence-corrected chi connectivity index (χ0v) is 22.0. The minimum Gasteiger partial charge on any atom is -0.354 e. The highest BCUT2D eigenvalue weighted by atomic mass is 32.2. The van der Waals surface area contributed by atoms with Crippen LogP contribution in [0.5, 0.6) is 0 Å². The van der Waals surface area contributed by atoms with Gasteiger partial charge in [0.25, 0.3) is 5.69 Å². The number of sulfonamides is 1. The number of anilines is 1. The predicted octanol–water partition coefficient (Wildman–Crippen LogP) is 3.39. The van der Waals surface area contributed by atoms with E-state index >= 15 is 0 Å². The van der Waals surface area contributed by atoms with Crippen molar-refractivity contribution in [3.05, 3.63) is 69.8 Å². The van der Waals surface area contributed by atoms with Crippen molar-refractivity contribution in [2.24, 2.45) is 0 Å². The van der Waals surface area contributed by atoms with Gasteiger partial charge in [-0.25, -0.2) is 8.42 Å². The maximum atomic E-state index is 13.6. The van der Waals surface area contributed by atoms with Crippen LogP contribution in [0.2, 0.25) is 0 Å². The van der Waals surface area contributed by atoms with Gasteiger partial charge < -0.3 is 10.2 Å². The van der Waals surface area contributed by atoms with Crippen LogP contribution in [0.25, 0.3) is 0 Å². The van der Waals surface area contributed by atoms with E-state index in [1.165, 1.54) is 23.1 Å². The summed E-state index contributed by atoms with van der Waals surface area (Å²) in [6.45, 7) is 5.70. The molecule has 0 aliphatic rings. The van der Waals surface area contributed by atoms with Gasteiger partial charge in [0.1, 0.15) is 12.6 Å². The highest BCUT2D eigenvalue weighted by molar-refractivity contribution is 7.92. The summed E-state index contributed by atoms with van der Waals surface area (Å²) in [6, 6.07) is 11.8. The molecule has 1 N–H and O–H groups in total. The number of carbonyl (C=O) groups is 2. The molecule has 0 aliphatic heterocycles. The lowest BCUT2D eigenvalue weighted by molar-refractivity contribution is -0.384. The molecule has 0 aliphatic carbocycles. The molecular weight excluding hydrogens is 484 g/mol. The van der Waals surface area contributed by atoms with Gasteiger partial charge in [-0.05, 0) is 31.4 Å². The van der Waals surface area contributed by atoms with E-state index in [0.29, 0.717) is 13.0 Å². The fourth-order valence-electron chi connectivity index (χ4n) is 3.69. The van der Waals surface area contributed by atoms with Gasteiger partial charge in [-0.15, -0.1) is 0 Å². The van der Waals surface area contributed by atoms with Crippen LogP contribution in [-0.2, 0) is 26.2 Å². The Kier molecular flexibility index (Phi) is 10.4. The van der Waals surface area contributed by atoms with E-state index in [9.17, 15) is 28.1 Å². The summed E-state index contributed by atoms with van der Waals surface area (Å²) < 4.78 is 26.1. The maximum absolute atomic E-state index is 13.6. The molecule has 11 heteroatoms. The van der Waals surface area contributed by atoms with Crippen molar-refractivity contribution in [1.29, 1.82) is 0 Å². The van der Waals surface area contributed by atoms with Crippen molar-refractivity contribution in [1.82, 2.24) is 10.2 Å². The molecule has 0 spiro atoms. The second kappa shape index (κ2) is 13.0. The van der Waals surface area contributed by atoms with Crippen molar-refractivity contribution >= 4 is 33.2 Å². The number of amides is 2. The molecule has 0 bridgehead atoms. The molecular formula is C25H34N4O6S. The fourth-order valence-corrected chi connectivity index (χ4v) is 4.53. The van der Waals surface area contributed by atoms with E-state index in [1.54, 1.807) is 6.92 Å². The van der Waals surface area contributed by atoms with Gasteiger partial charge in [-0.2, -0.15) is 0 Å². The zero-order valence-electron chi connectivity index (χ0n) is 21.1. The Morgan fingerprint density at radius 3 is 2.33 bits per heavy atom. The third-order valence-electron chi connectivity index (χ3n) is 5.70. The smallest absolute Gasteiger partial charge is 0.271 e. The second-order valence-corrected chi connectivity index (χ2v) is 10.5. The van der Waals surface area contributed by atoms with Crippen molar-refractivity contribution in [2.45, 2.75) is 52.6 Å². The number of non-ortho nitro benzene ring substituents is 1. The van der Waals surface area contributed by atoms with E-state index in [1.807, 2.05) is 38.1 Å². The van der Waals surface area contributed by atoms with Gasteiger partial charge in [0.2, 0.25) is 21.8 Å². The molecule has 1 atom stereocenters. The average molecular weight is 519 g/mol. The normalized spacial score (nSPS) is 12.0. The Morgan fingerprint density at radius 2 is 1.78 bits per heavy atom. The predicted molar refractivity (Wildman–Crippen MR) is 139 cm³/mol. The number of aryl methyl sites for hydroxylation is 1. The van der Waals surface area contributed by atoms with Crippen LogP contribution in [-0.4, -0.2) is 55.4 Å². The fraction of sp³-hybridized carbons (Fsp3) is 0.440. The highest BCUT2D eigenvalue weighted by Gasteiger charge is 2.32. The molecule has 0 fully saturated rings. The second-order valence-electron chi connectivity index (χ2n) is 8.62. The minimum absolute atomic E-state index is 0.00391. The topological polar surface area (TPSA) is 130 Å². The van der Waals surface area contributed by atoms with Crippen LogP contribution < -0.4 is 9.62 Å². The van der Waals surface area contributed by atoms with Crippen molar-refractivity contribution in [2.75, 3.05) is 23.7 Å². The SMILES string of the molecule is CCCCNC(=O)[C@@H](CC)N(Cc1ccc(C)cc1)C(=O)CN(c1cccc([N+](=O)[O-])c1)S(C)(=O)=O. The van der Waals surface area contributed by atoms with Crippen molar-refractivity contribution in [3.63, 3.8) is 0 Å². The number of nitrogens with zero attached hydrogens (tertiary/aromatic N) is 3. The van der Waals surface area contributed by atoms with E-state index in [-0.39, 0.29) is 23.8 Å². The Labute approximate surface area is 212 Å². The lowest BCUT2D eigenvalue weighted by atomic mass is 10.1. The highest BCUT2D eigenvalue weighted by Crippen LogP contribution is 2.24. The molecule has 2 amide bonds. The summed E-state index contributed by atoms with van der Waals surface area (Å²) >= 11 is 0. The summed E-state index contributed by atoms with van der Waals surface area (Å²) in [7, 11) is -3.98. The number of nitro groups is 1. The molecule has 0 aromatic heterocycles. The summed E-state index contributed by atoms with van der Waals surface area (Å²) in [6.07, 6.45) is 2.95. The van der Waals surface area contributed by atoms with Crippen molar-refractivity contribution < 1.29 is 22.9 Å². The standard InChI is InChI=1S/C25H34N4O6S/c1-5-7-15-26-25(31)23(6-2)27(17-20-13-11-19(3)12-14-20)24(30)18-28(36(4,34)35)21-9-8-10-22(16-21)29(32)33/h8-14,16,23H,5-7,15,17-18H2,1-4H3,(H,26,31)/t23-/m1/s1. The van der Waals surface area contributed by atoms with Crippen LogP contribution in [0, 0.1) is 17.0 Å². The number of carbonyl (C=O) groups excluding carboxylic acids is 2. The van der Waals surface area contributed by atoms with E-state index < -0.39 is 33.4 Å². The lowest BCUT2D eigenvalue weighted by Crippen LogP contribution is -2.52. The van der Waals surface area contributed by atoms with Gasteiger partial charge in [0.15, 0.2) is 0 Å². The maximum Gasteiger partial charge on any atom is 0.271 e. The average Bonchev–Trinajstić information content (AvgIpc) is 2.83. The molecule has 2 rings (SSSR count). The largest absolute Gasteiger partial charge is 0.354 e. The van der Waals surface area contributed by atoms with Crippen LogP contribution in [0.3, 0.4) is 0 Å². The van der Waals surface area contributed by atoms with Gasteiger partial charge >= 0.3 is 0 Å². The molecule has 196 valence electrons. The number of hydrogen-bond acceptors (Lipinski definition) is 6. The Hall–Kier alpha value is -3.47. The van der Waals surface area contributed by atoms with Gasteiger partial charge in [0.05, 0.1) is 16.9 Å². The molecule has 0 unspecified atom stereocenters. The van der Waals surface area contributed by atoms with E-state index in [2.05, 4.69) is 5.32 Å². The van der Waals surface area contributed by atoms with Crippen molar-refractivity contribution in [3.8, 4) is 0 Å². The molecule has 0 saturated heterocycles. The molecule has 10 nitrogen and oxygen atoms in total. The van der Waals surface area contributed by atoms with Crippen LogP contribution >= 0.6 is 0 Å². The minimum atomic E-state index is -3.98. The Balaban J connectivity index is 2.43. The van der Waals surface area contributed by atoms with Gasteiger partial charge in [-0.3, -0.25) is 24.0 Å². The van der Waals surface area contributed by atoms with E-state index in [0.717, 1.165) is 40.6 Å². The van der Waals surface area contributed by atoms with Crippen LogP contribution in [0.15, 0.2) is 48.5 Å². The molecule has 2 aromatic carbocycles. The third kappa shape index (κ3) is 8.04. The Bertz CT molecular complexity index is 1170. The summed E-state index contributed by atoms with van der Waals surface area (Å²) in [4.78, 5) is 38.6. The van der Waals surface area contributed by atoms with Crippen LogP contribution in [0.1, 0.15) is 44.2 Å². The number of benzene rings is 2. The molecule has 36 heavy (non-hydrogen) atoms. The van der Waals surface area contributed by atoms with Gasteiger partial charge in [-0.1, -0.05) is 56.2 Å². The molecule has 0 radical (unpaired) electrons. The number of nitrogens with one attached hydrogen (secondary N) is 1. The first kappa shape index (κ1) is 28.8. The summed E-state index contributed by atoms with van der Waals surface area (Å²) in [5.41, 5.74) is 1.52. The monoisotopic (exact) mass is 518 g/mol. The Morgan fingerprint density at radius 1 is 1.11 bits per heavy atom. The molecule has 2 aromatic rings. The first-order chi connectivity index (χ1) is 17.0. The van der Waals surface area contributed by atoms with Crippen LogP contribution in [0.4, 0.5) is 11.4 Å². The first-order valence-electron chi connectivity index (χ1n) is 11.8. The number of unbranched alkanes of at least 4 members (excludes halogenated alkanes) is 1. The quantitative estimate of drug-likeness (QED) is 0.246. The summed E-state index contributed by atoms with van der Waals surface area (Å²) in [5.74, 6) is -0.905. The molecule has 0 saturated carbocycles. The first-order valence-corrected chi connectivity index (χ1v) is 13.7. The number of nitro benzene ring substituents is 1.